The predicted molar refractivity (Wildman–Crippen MR) is 134 cm³/mol. The summed E-state index contributed by atoms with van der Waals surface area (Å²) < 4.78 is 5.29. The standard InChI is InChI=1S/C28H20N2O8/c1-2-38-27(33)22-15-28(25(31)20-8-3-4-9-21(20)26(28)32)24(16-10-12-18(13-11-16)29(34)35)23(22)17-6-5-7-19(14-17)30(36)37/h3-15,23-24H,2H2,1H3/t23-,24+/m0/s1. The Balaban J connectivity index is 1.80. The molecule has 10 heteroatoms. The van der Waals surface area contributed by atoms with Gasteiger partial charge in [-0.15, -0.1) is 0 Å². The topological polar surface area (TPSA) is 147 Å². The largest absolute Gasteiger partial charge is 0.463 e. The molecular formula is C28H20N2O8. The van der Waals surface area contributed by atoms with Crippen LogP contribution in [0.5, 0.6) is 0 Å². The number of nitro benzene ring substituents is 2. The van der Waals surface area contributed by atoms with Crippen molar-refractivity contribution < 1.29 is 29.0 Å². The normalized spacial score (nSPS) is 19.2. The zero-order chi connectivity index (χ0) is 27.2. The molecule has 38 heavy (non-hydrogen) atoms. The molecule has 190 valence electrons. The van der Waals surface area contributed by atoms with Crippen molar-refractivity contribution in [2.24, 2.45) is 5.41 Å². The van der Waals surface area contributed by atoms with E-state index in [2.05, 4.69) is 0 Å². The fourth-order valence-corrected chi connectivity index (χ4v) is 5.57. The summed E-state index contributed by atoms with van der Waals surface area (Å²) in [6.45, 7) is 1.64. The van der Waals surface area contributed by atoms with Crippen LogP contribution in [0.2, 0.25) is 0 Å². The first kappa shape index (κ1) is 24.7. The van der Waals surface area contributed by atoms with Gasteiger partial charge in [-0.2, -0.15) is 0 Å². The number of esters is 1. The lowest BCUT2D eigenvalue weighted by Gasteiger charge is -2.32. The number of ether oxygens (including phenoxy) is 1. The lowest BCUT2D eigenvalue weighted by molar-refractivity contribution is -0.385. The number of rotatable bonds is 6. The number of benzene rings is 3. The van der Waals surface area contributed by atoms with Crippen molar-refractivity contribution in [3.63, 3.8) is 0 Å². The van der Waals surface area contributed by atoms with Gasteiger partial charge in [-0.25, -0.2) is 4.79 Å². The highest BCUT2D eigenvalue weighted by Gasteiger charge is 2.63. The highest BCUT2D eigenvalue weighted by molar-refractivity contribution is 6.32. The number of Topliss-reactive ketones (excluding diaryl/α,β-unsaturated/α-hetero) is 2. The van der Waals surface area contributed by atoms with Gasteiger partial charge >= 0.3 is 5.97 Å². The van der Waals surface area contributed by atoms with Gasteiger partial charge in [0.05, 0.1) is 16.5 Å². The molecule has 2 aliphatic rings. The van der Waals surface area contributed by atoms with Crippen LogP contribution in [0.25, 0.3) is 0 Å². The van der Waals surface area contributed by atoms with E-state index in [9.17, 15) is 34.6 Å². The first-order chi connectivity index (χ1) is 18.2. The van der Waals surface area contributed by atoms with Gasteiger partial charge in [0.1, 0.15) is 5.41 Å². The maximum absolute atomic E-state index is 14.0. The highest BCUT2D eigenvalue weighted by Crippen LogP contribution is 2.61. The molecule has 0 aliphatic heterocycles. The third-order valence-corrected chi connectivity index (χ3v) is 7.12. The van der Waals surface area contributed by atoms with E-state index in [1.807, 2.05) is 0 Å². The van der Waals surface area contributed by atoms with Crippen LogP contribution in [0.3, 0.4) is 0 Å². The molecule has 3 aromatic carbocycles. The van der Waals surface area contributed by atoms with Crippen molar-refractivity contribution in [3.8, 4) is 0 Å². The lowest BCUT2D eigenvalue weighted by atomic mass is 9.66. The van der Waals surface area contributed by atoms with Crippen molar-refractivity contribution in [2.45, 2.75) is 18.8 Å². The average molecular weight is 512 g/mol. The summed E-state index contributed by atoms with van der Waals surface area (Å²) in [4.78, 5) is 63.0. The summed E-state index contributed by atoms with van der Waals surface area (Å²) >= 11 is 0. The van der Waals surface area contributed by atoms with Gasteiger partial charge in [0, 0.05) is 52.8 Å². The zero-order valence-corrected chi connectivity index (χ0v) is 20.0. The van der Waals surface area contributed by atoms with Crippen LogP contribution in [-0.4, -0.2) is 34.0 Å². The molecule has 0 saturated carbocycles. The van der Waals surface area contributed by atoms with E-state index < -0.39 is 44.6 Å². The third-order valence-electron chi connectivity index (χ3n) is 7.12. The molecule has 0 radical (unpaired) electrons. The van der Waals surface area contributed by atoms with E-state index in [0.29, 0.717) is 11.1 Å². The van der Waals surface area contributed by atoms with E-state index in [1.54, 1.807) is 25.1 Å². The number of fused-ring (bicyclic) bond motifs is 1. The quantitative estimate of drug-likeness (QED) is 0.195. The average Bonchev–Trinajstić information content (AvgIpc) is 3.39. The summed E-state index contributed by atoms with van der Waals surface area (Å²) in [6.07, 6.45) is 1.34. The smallest absolute Gasteiger partial charge is 0.334 e. The second kappa shape index (κ2) is 9.15. The molecular weight excluding hydrogens is 492 g/mol. The van der Waals surface area contributed by atoms with Crippen molar-refractivity contribution in [2.75, 3.05) is 6.61 Å². The molecule has 0 saturated heterocycles. The summed E-state index contributed by atoms with van der Waals surface area (Å²) in [6, 6.07) is 17.4. The van der Waals surface area contributed by atoms with Crippen LogP contribution >= 0.6 is 0 Å². The lowest BCUT2D eigenvalue weighted by Crippen LogP contribution is -2.37. The number of allylic oxidation sites excluding steroid dienone is 1. The van der Waals surface area contributed by atoms with E-state index in [4.69, 9.17) is 4.74 Å². The molecule has 0 amide bonds. The number of carbonyl (C=O) groups is 3. The first-order valence-electron chi connectivity index (χ1n) is 11.8. The molecule has 2 atom stereocenters. The van der Waals surface area contributed by atoms with Crippen molar-refractivity contribution in [1.29, 1.82) is 0 Å². The van der Waals surface area contributed by atoms with Crippen molar-refractivity contribution >= 4 is 28.9 Å². The summed E-state index contributed by atoms with van der Waals surface area (Å²) in [5.74, 6) is -3.81. The number of hydrogen-bond donors (Lipinski definition) is 0. The second-order valence-corrected chi connectivity index (χ2v) is 9.05. The van der Waals surface area contributed by atoms with Crippen LogP contribution in [0.15, 0.2) is 84.4 Å². The zero-order valence-electron chi connectivity index (χ0n) is 20.0. The Kier molecular flexibility index (Phi) is 5.94. The maximum atomic E-state index is 14.0. The van der Waals surface area contributed by atoms with Gasteiger partial charge < -0.3 is 4.74 Å². The van der Waals surface area contributed by atoms with Crippen molar-refractivity contribution in [1.82, 2.24) is 0 Å². The molecule has 0 fully saturated rings. The summed E-state index contributed by atoms with van der Waals surface area (Å²) in [5, 5.41) is 22.9. The minimum absolute atomic E-state index is 0.0187. The SMILES string of the molecule is CCOC(=O)C1=CC2(C(=O)c3ccccc3C2=O)[C@H](c2ccc([N+](=O)[O-])cc2)[C@H]1c1cccc([N+](=O)[O-])c1. The molecule has 5 rings (SSSR count). The number of nitrogens with zero attached hydrogens (tertiary/aromatic N) is 2. The Hall–Kier alpha value is -4.99. The van der Waals surface area contributed by atoms with Gasteiger partial charge in [0.2, 0.25) is 0 Å². The van der Waals surface area contributed by atoms with Gasteiger partial charge in [-0.1, -0.05) is 54.6 Å². The molecule has 0 aromatic heterocycles. The van der Waals surface area contributed by atoms with Crippen LogP contribution in [0.4, 0.5) is 11.4 Å². The summed E-state index contributed by atoms with van der Waals surface area (Å²) in [7, 11) is 0. The first-order valence-corrected chi connectivity index (χ1v) is 11.8. The van der Waals surface area contributed by atoms with Gasteiger partial charge in [0.25, 0.3) is 11.4 Å². The monoisotopic (exact) mass is 512 g/mol. The molecule has 1 spiro atoms. The number of carbonyl (C=O) groups excluding carboxylic acids is 3. The van der Waals surface area contributed by atoms with Gasteiger partial charge in [-0.3, -0.25) is 29.8 Å². The molecule has 3 aromatic rings. The van der Waals surface area contributed by atoms with Crippen LogP contribution in [-0.2, 0) is 9.53 Å². The number of nitro groups is 2. The van der Waals surface area contributed by atoms with Crippen LogP contribution in [0.1, 0.15) is 50.6 Å². The Morgan fingerprint density at radius 3 is 2.00 bits per heavy atom. The fraction of sp³-hybridized carbons (Fsp3) is 0.179. The minimum Gasteiger partial charge on any atom is -0.463 e. The molecule has 0 N–H and O–H groups in total. The van der Waals surface area contributed by atoms with E-state index in [-0.39, 0.29) is 34.7 Å². The Bertz CT molecular complexity index is 1520. The van der Waals surface area contributed by atoms with Gasteiger partial charge in [-0.05, 0) is 18.1 Å². The number of ketones is 2. The van der Waals surface area contributed by atoms with E-state index >= 15 is 0 Å². The number of non-ortho nitro benzene ring substituents is 2. The minimum atomic E-state index is -1.85. The Labute approximate surface area is 215 Å². The van der Waals surface area contributed by atoms with Gasteiger partial charge in [0.15, 0.2) is 11.6 Å². The number of hydrogen-bond acceptors (Lipinski definition) is 8. The molecule has 2 aliphatic carbocycles. The molecule has 0 bridgehead atoms. The molecule has 0 heterocycles. The van der Waals surface area contributed by atoms with Crippen LogP contribution in [0, 0.1) is 25.6 Å². The van der Waals surface area contributed by atoms with E-state index in [1.165, 1.54) is 60.7 Å². The Morgan fingerprint density at radius 1 is 0.842 bits per heavy atom. The third kappa shape index (κ3) is 3.61. The molecule has 10 nitrogen and oxygen atoms in total. The van der Waals surface area contributed by atoms with E-state index in [0.717, 1.165) is 0 Å². The fourth-order valence-electron chi connectivity index (χ4n) is 5.57. The van der Waals surface area contributed by atoms with Crippen LogP contribution < -0.4 is 0 Å². The molecule has 0 unspecified atom stereocenters. The predicted octanol–water partition coefficient (Wildman–Crippen LogP) is 4.94. The Morgan fingerprint density at radius 2 is 1.45 bits per heavy atom. The second-order valence-electron chi connectivity index (χ2n) is 9.05. The summed E-state index contributed by atoms with van der Waals surface area (Å²) in [5.41, 5.74) is -1.15. The van der Waals surface area contributed by atoms with Crippen molar-refractivity contribution in [3.05, 3.63) is 127 Å². The highest BCUT2D eigenvalue weighted by atomic mass is 16.6. The maximum Gasteiger partial charge on any atom is 0.334 e.